The number of hydrogen-bond acceptors (Lipinski definition) is 2. The van der Waals surface area contributed by atoms with E-state index in [0.717, 1.165) is 17.8 Å². The predicted molar refractivity (Wildman–Crippen MR) is 79.0 cm³/mol. The van der Waals surface area contributed by atoms with Gasteiger partial charge in [0.05, 0.1) is 0 Å². The van der Waals surface area contributed by atoms with Gasteiger partial charge in [-0.15, -0.1) is 0 Å². The van der Waals surface area contributed by atoms with E-state index < -0.39 is 0 Å². The maximum Gasteiger partial charge on any atom is 0.126 e. The second-order valence-corrected chi connectivity index (χ2v) is 5.67. The van der Waals surface area contributed by atoms with E-state index in [2.05, 4.69) is 11.8 Å². The highest BCUT2D eigenvalue weighted by atomic mass is 19.1. The van der Waals surface area contributed by atoms with Crippen molar-refractivity contribution in [3.63, 3.8) is 0 Å². The van der Waals surface area contributed by atoms with E-state index in [1.54, 1.807) is 6.07 Å². The van der Waals surface area contributed by atoms with Gasteiger partial charge in [-0.25, -0.2) is 4.39 Å². The summed E-state index contributed by atoms with van der Waals surface area (Å²) < 4.78 is 13.8. The van der Waals surface area contributed by atoms with Gasteiger partial charge in [-0.05, 0) is 56.9 Å². The first kappa shape index (κ1) is 14.3. The number of aryl methyl sites for hydroxylation is 1. The average Bonchev–Trinajstić information content (AvgIpc) is 2.87. The van der Waals surface area contributed by atoms with Crippen LogP contribution in [0.3, 0.4) is 0 Å². The summed E-state index contributed by atoms with van der Waals surface area (Å²) in [7, 11) is 0. The first-order valence-electron chi connectivity index (χ1n) is 7.36. The number of hydrogen-bond donors (Lipinski definition) is 1. The van der Waals surface area contributed by atoms with Gasteiger partial charge in [0, 0.05) is 24.3 Å². The molecule has 1 saturated carbocycles. The van der Waals surface area contributed by atoms with Gasteiger partial charge in [-0.3, -0.25) is 0 Å². The molecule has 1 aromatic carbocycles. The van der Waals surface area contributed by atoms with Crippen molar-refractivity contribution in [3.8, 4) is 0 Å². The van der Waals surface area contributed by atoms with Crippen molar-refractivity contribution >= 4 is 5.69 Å². The van der Waals surface area contributed by atoms with Crippen molar-refractivity contribution in [1.29, 1.82) is 0 Å². The van der Waals surface area contributed by atoms with Crippen molar-refractivity contribution in [2.45, 2.75) is 58.5 Å². The molecule has 0 radical (unpaired) electrons. The van der Waals surface area contributed by atoms with Crippen molar-refractivity contribution in [2.24, 2.45) is 5.73 Å². The molecule has 0 aliphatic heterocycles. The third kappa shape index (κ3) is 2.92. The lowest BCUT2D eigenvalue weighted by atomic mass is 10.0. The third-order valence-corrected chi connectivity index (χ3v) is 4.21. The minimum Gasteiger partial charge on any atom is -0.369 e. The van der Waals surface area contributed by atoms with Gasteiger partial charge in [0.1, 0.15) is 5.82 Å². The molecule has 0 aromatic heterocycles. The van der Waals surface area contributed by atoms with Crippen molar-refractivity contribution in [3.05, 3.63) is 29.1 Å². The molecule has 19 heavy (non-hydrogen) atoms. The van der Waals surface area contributed by atoms with Gasteiger partial charge in [-0.2, -0.15) is 0 Å². The number of halogens is 1. The van der Waals surface area contributed by atoms with Gasteiger partial charge >= 0.3 is 0 Å². The van der Waals surface area contributed by atoms with Crippen LogP contribution in [0.4, 0.5) is 10.1 Å². The van der Waals surface area contributed by atoms with Crippen LogP contribution in [0.1, 0.15) is 56.7 Å². The zero-order valence-corrected chi connectivity index (χ0v) is 12.2. The molecule has 0 heterocycles. The summed E-state index contributed by atoms with van der Waals surface area (Å²) >= 11 is 0. The Kier molecular flexibility index (Phi) is 4.46. The van der Waals surface area contributed by atoms with Crippen LogP contribution in [-0.4, -0.2) is 12.6 Å². The van der Waals surface area contributed by atoms with Crippen LogP contribution in [0.15, 0.2) is 12.1 Å². The fourth-order valence-corrected chi connectivity index (χ4v) is 3.14. The quantitative estimate of drug-likeness (QED) is 0.893. The molecule has 2 nitrogen and oxygen atoms in total. The number of anilines is 1. The number of nitrogens with two attached hydrogens (primary N) is 1. The molecule has 0 unspecified atom stereocenters. The summed E-state index contributed by atoms with van der Waals surface area (Å²) in [6.07, 6.45) is 5.08. The Morgan fingerprint density at radius 3 is 2.53 bits per heavy atom. The molecular weight excluding hydrogens is 239 g/mol. The van der Waals surface area contributed by atoms with E-state index in [1.807, 2.05) is 19.9 Å². The smallest absolute Gasteiger partial charge is 0.126 e. The molecule has 0 amide bonds. The molecule has 1 aromatic rings. The number of rotatable bonds is 4. The van der Waals surface area contributed by atoms with E-state index in [1.165, 1.54) is 25.7 Å². The zero-order chi connectivity index (χ0) is 14.0. The van der Waals surface area contributed by atoms with Crippen LogP contribution in [0, 0.1) is 12.7 Å². The Bertz CT molecular complexity index is 437. The van der Waals surface area contributed by atoms with E-state index in [9.17, 15) is 4.39 Å². The standard InChI is InChI=1S/C16H25FN2/c1-4-19(13-7-5-6-8-13)16-9-11(2)15(17)10-14(16)12(3)18/h9-10,12-13H,4-8,18H2,1-3H3/t12-/m1/s1. The molecule has 2 rings (SSSR count). The second kappa shape index (κ2) is 5.91. The van der Waals surface area contributed by atoms with Gasteiger partial charge < -0.3 is 10.6 Å². The highest BCUT2D eigenvalue weighted by Crippen LogP contribution is 2.33. The number of benzene rings is 1. The van der Waals surface area contributed by atoms with E-state index >= 15 is 0 Å². The Morgan fingerprint density at radius 2 is 2.00 bits per heavy atom. The molecule has 0 spiro atoms. The summed E-state index contributed by atoms with van der Waals surface area (Å²) in [5, 5.41) is 0. The minimum atomic E-state index is -0.154. The maximum absolute atomic E-state index is 13.8. The average molecular weight is 264 g/mol. The SMILES string of the molecule is CCN(c1cc(C)c(F)cc1[C@@H](C)N)C1CCCC1. The van der Waals surface area contributed by atoms with Crippen LogP contribution < -0.4 is 10.6 Å². The minimum absolute atomic E-state index is 0.138. The molecule has 1 fully saturated rings. The van der Waals surface area contributed by atoms with E-state index in [4.69, 9.17) is 5.73 Å². The van der Waals surface area contributed by atoms with Crippen LogP contribution in [0.5, 0.6) is 0 Å². The molecule has 2 N–H and O–H groups in total. The highest BCUT2D eigenvalue weighted by molar-refractivity contribution is 5.58. The van der Waals surface area contributed by atoms with Crippen molar-refractivity contribution in [2.75, 3.05) is 11.4 Å². The lowest BCUT2D eigenvalue weighted by Gasteiger charge is -2.33. The molecule has 1 atom stereocenters. The van der Waals surface area contributed by atoms with Crippen molar-refractivity contribution in [1.82, 2.24) is 0 Å². The Morgan fingerprint density at radius 1 is 1.37 bits per heavy atom. The lowest BCUT2D eigenvalue weighted by Crippen LogP contribution is -2.34. The highest BCUT2D eigenvalue weighted by Gasteiger charge is 2.24. The van der Waals surface area contributed by atoms with E-state index in [0.29, 0.717) is 11.6 Å². The van der Waals surface area contributed by atoms with Crippen LogP contribution in [0.2, 0.25) is 0 Å². The van der Waals surface area contributed by atoms with Gasteiger partial charge in [-0.1, -0.05) is 12.8 Å². The van der Waals surface area contributed by atoms with Gasteiger partial charge in [0.25, 0.3) is 0 Å². The summed E-state index contributed by atoms with van der Waals surface area (Å²) in [5.74, 6) is -0.154. The molecule has 106 valence electrons. The molecular formula is C16H25FN2. The monoisotopic (exact) mass is 264 g/mol. The van der Waals surface area contributed by atoms with Gasteiger partial charge in [0.15, 0.2) is 0 Å². The van der Waals surface area contributed by atoms with Crippen LogP contribution in [-0.2, 0) is 0 Å². The zero-order valence-electron chi connectivity index (χ0n) is 12.2. The van der Waals surface area contributed by atoms with Gasteiger partial charge in [0.2, 0.25) is 0 Å². The Hall–Kier alpha value is -1.09. The summed E-state index contributed by atoms with van der Waals surface area (Å²) in [6.45, 7) is 6.87. The molecule has 1 aliphatic carbocycles. The fraction of sp³-hybridized carbons (Fsp3) is 0.625. The summed E-state index contributed by atoms with van der Waals surface area (Å²) in [5.41, 5.74) is 8.79. The second-order valence-electron chi connectivity index (χ2n) is 5.67. The Balaban J connectivity index is 2.42. The molecule has 1 aliphatic rings. The summed E-state index contributed by atoms with van der Waals surface area (Å²) in [6, 6.07) is 4.04. The van der Waals surface area contributed by atoms with E-state index in [-0.39, 0.29) is 11.9 Å². The Labute approximate surface area is 115 Å². The normalized spacial score (nSPS) is 17.7. The third-order valence-electron chi connectivity index (χ3n) is 4.21. The largest absolute Gasteiger partial charge is 0.369 e. The van der Waals surface area contributed by atoms with Crippen LogP contribution in [0.25, 0.3) is 0 Å². The first-order valence-corrected chi connectivity index (χ1v) is 7.36. The maximum atomic E-state index is 13.8. The first-order chi connectivity index (χ1) is 9.04. The molecule has 0 bridgehead atoms. The predicted octanol–water partition coefficient (Wildman–Crippen LogP) is 3.92. The molecule has 0 saturated heterocycles. The topological polar surface area (TPSA) is 29.3 Å². The fourth-order valence-electron chi connectivity index (χ4n) is 3.14. The lowest BCUT2D eigenvalue weighted by molar-refractivity contribution is 0.598. The van der Waals surface area contributed by atoms with Crippen LogP contribution >= 0.6 is 0 Å². The van der Waals surface area contributed by atoms with Crippen molar-refractivity contribution < 1.29 is 4.39 Å². The number of nitrogens with zero attached hydrogens (tertiary/aromatic N) is 1. The summed E-state index contributed by atoms with van der Waals surface area (Å²) in [4.78, 5) is 2.41. The molecule has 3 heteroatoms.